The maximum Gasteiger partial charge on any atom is 0.408 e. The number of hydrogen-bond donors (Lipinski definition) is 3. The minimum Gasteiger partial charge on any atom is -0.475 e. The standard InChI is InChI=1S/C41H56FN5O9S/c1-24(2)55-32-19-27-13-9-11-15-30(27)35(43-32)56-29-20-31-34(48)44-41(37(50)45-57(53,54)40(23-42)16-17-40)21-28(41)14-10-8-12-25(3)18-26(4)33(36(49)46(31)22-29)47(38(51)52)39(5,6)7/h9-11,13-15,19,24-26,28-29,31,33H,8,12,16-18,20-23H2,1-7H3,(H,44,48)(H,45,50)(H,51,52)/t25-,26+,28+,29+,31-,33-,41+/m0/s1. The second-order valence-corrected chi connectivity index (χ2v) is 19.8. The molecule has 2 saturated carbocycles. The number of pyridine rings is 1. The number of fused-ring (bicyclic) bond motifs is 3. The fraction of sp³-hybridized carbons (Fsp3) is 0.634. The number of aromatic nitrogens is 1. The first kappa shape index (κ1) is 42.1. The van der Waals surface area contributed by atoms with Crippen LogP contribution in [-0.2, 0) is 24.4 Å². The molecule has 4 amide bonds. The van der Waals surface area contributed by atoms with Crippen molar-refractivity contribution >= 4 is 44.6 Å². The highest BCUT2D eigenvalue weighted by Gasteiger charge is 2.64. The van der Waals surface area contributed by atoms with Gasteiger partial charge in [0.25, 0.3) is 5.91 Å². The number of nitrogens with one attached hydrogen (secondary N) is 2. The number of carbonyl (C=O) groups excluding carboxylic acids is 3. The van der Waals surface area contributed by atoms with Crippen molar-refractivity contribution in [2.24, 2.45) is 17.8 Å². The summed E-state index contributed by atoms with van der Waals surface area (Å²) in [4.78, 5) is 63.9. The van der Waals surface area contributed by atoms with Crippen LogP contribution in [0.4, 0.5) is 9.18 Å². The lowest BCUT2D eigenvalue weighted by Gasteiger charge is -2.43. The summed E-state index contributed by atoms with van der Waals surface area (Å²) in [6.07, 6.45) is 3.40. The molecule has 14 nitrogen and oxygen atoms in total. The van der Waals surface area contributed by atoms with Gasteiger partial charge in [-0.15, -0.1) is 0 Å². The van der Waals surface area contributed by atoms with E-state index in [4.69, 9.17) is 9.47 Å². The van der Waals surface area contributed by atoms with Gasteiger partial charge in [-0.25, -0.2) is 17.6 Å². The van der Waals surface area contributed by atoms with Gasteiger partial charge in [-0.3, -0.25) is 24.0 Å². The number of sulfonamides is 1. The normalized spacial score (nSPS) is 29.0. The average molecular weight is 814 g/mol. The number of carbonyl (C=O) groups is 4. The molecule has 16 heteroatoms. The van der Waals surface area contributed by atoms with E-state index in [2.05, 4.69) is 15.0 Å². The van der Waals surface area contributed by atoms with Gasteiger partial charge in [0.05, 0.1) is 12.6 Å². The largest absolute Gasteiger partial charge is 0.475 e. The first-order chi connectivity index (χ1) is 26.7. The summed E-state index contributed by atoms with van der Waals surface area (Å²) in [5.41, 5.74) is -2.69. The fourth-order valence-electron chi connectivity index (χ4n) is 8.41. The van der Waals surface area contributed by atoms with Crippen molar-refractivity contribution in [3.05, 3.63) is 42.5 Å². The number of benzene rings is 1. The molecule has 0 spiro atoms. The summed E-state index contributed by atoms with van der Waals surface area (Å²) in [5.74, 6) is -2.71. The maximum atomic E-state index is 15.1. The number of allylic oxidation sites excluding steroid dienone is 1. The van der Waals surface area contributed by atoms with E-state index in [1.165, 1.54) is 4.90 Å². The number of alkyl halides is 1. The number of hydrogen-bond acceptors (Lipinski definition) is 9. The van der Waals surface area contributed by atoms with Gasteiger partial charge in [-0.05, 0) is 96.4 Å². The first-order valence-electron chi connectivity index (χ1n) is 19.9. The van der Waals surface area contributed by atoms with Gasteiger partial charge in [0, 0.05) is 29.3 Å². The lowest BCUT2D eigenvalue weighted by molar-refractivity contribution is -0.146. The molecule has 1 aromatic heterocycles. The van der Waals surface area contributed by atoms with Crippen molar-refractivity contribution in [1.82, 2.24) is 24.8 Å². The second kappa shape index (κ2) is 15.7. The monoisotopic (exact) mass is 813 g/mol. The van der Waals surface area contributed by atoms with Crippen molar-refractivity contribution in [3.63, 3.8) is 0 Å². The molecule has 2 aliphatic carbocycles. The average Bonchev–Trinajstić information content (AvgIpc) is 4.02. The highest BCUT2D eigenvalue weighted by atomic mass is 32.2. The summed E-state index contributed by atoms with van der Waals surface area (Å²) in [6.45, 7) is 11.5. The first-order valence-corrected chi connectivity index (χ1v) is 21.4. The van der Waals surface area contributed by atoms with Gasteiger partial charge in [0.15, 0.2) is 0 Å². The lowest BCUT2D eigenvalue weighted by Crippen LogP contribution is -2.62. The smallest absolute Gasteiger partial charge is 0.408 e. The molecule has 2 aliphatic heterocycles. The maximum absolute atomic E-state index is 15.1. The molecule has 2 aromatic rings. The number of halogens is 1. The van der Waals surface area contributed by atoms with Crippen LogP contribution < -0.4 is 19.5 Å². The highest BCUT2D eigenvalue weighted by molar-refractivity contribution is 7.91. The number of amides is 4. The molecule has 7 atom stereocenters. The van der Waals surface area contributed by atoms with E-state index in [0.717, 1.165) is 10.3 Å². The van der Waals surface area contributed by atoms with Crippen LogP contribution in [0.2, 0.25) is 0 Å². The van der Waals surface area contributed by atoms with Gasteiger partial charge >= 0.3 is 6.09 Å². The van der Waals surface area contributed by atoms with Crippen molar-refractivity contribution in [2.75, 3.05) is 13.2 Å². The van der Waals surface area contributed by atoms with Crippen LogP contribution in [0.3, 0.4) is 0 Å². The van der Waals surface area contributed by atoms with Crippen LogP contribution in [-0.4, -0.2) is 105 Å². The molecule has 0 unspecified atom stereocenters. The predicted octanol–water partition coefficient (Wildman–Crippen LogP) is 5.35. The molecular weight excluding hydrogens is 758 g/mol. The van der Waals surface area contributed by atoms with E-state index in [1.807, 2.05) is 58.0 Å². The molecular formula is C41H56FN5O9S. The zero-order valence-corrected chi connectivity index (χ0v) is 34.6. The fourth-order valence-corrected chi connectivity index (χ4v) is 9.84. The van der Waals surface area contributed by atoms with Crippen LogP contribution in [0.15, 0.2) is 42.5 Å². The molecule has 3 heterocycles. The molecule has 57 heavy (non-hydrogen) atoms. The van der Waals surface area contributed by atoms with Gasteiger partial charge in [0.2, 0.25) is 33.6 Å². The SMILES string of the molecule is CC(C)Oc1cc2ccccc2c(O[C@@H]2C[C@H]3C(=O)N[C@]4(C(=O)NS(=O)(=O)C5(CF)CC5)C[C@H]4C=CCC[C@H](C)C[C@@H](C)[C@H](N(C(=O)O)C(C)(C)C)C(=O)N3C2)n1. The van der Waals surface area contributed by atoms with Crippen LogP contribution in [0.25, 0.3) is 10.8 Å². The van der Waals surface area contributed by atoms with Crippen LogP contribution >= 0.6 is 0 Å². The Bertz CT molecular complexity index is 2030. The Labute approximate surface area is 334 Å². The van der Waals surface area contributed by atoms with Gasteiger partial charge in [-0.1, -0.05) is 44.2 Å². The van der Waals surface area contributed by atoms with Gasteiger partial charge in [0.1, 0.15) is 35.1 Å². The lowest BCUT2D eigenvalue weighted by atomic mass is 9.85. The van der Waals surface area contributed by atoms with E-state index in [-0.39, 0.29) is 50.1 Å². The number of nitrogens with zero attached hydrogens (tertiary/aromatic N) is 3. The Kier molecular flexibility index (Phi) is 11.6. The van der Waals surface area contributed by atoms with E-state index >= 15 is 4.79 Å². The highest BCUT2D eigenvalue weighted by Crippen LogP contribution is 2.48. The van der Waals surface area contributed by atoms with E-state index in [0.29, 0.717) is 30.5 Å². The van der Waals surface area contributed by atoms with Crippen LogP contribution in [0, 0.1) is 17.8 Å². The van der Waals surface area contributed by atoms with Crippen LogP contribution in [0.5, 0.6) is 11.8 Å². The topological polar surface area (TPSA) is 185 Å². The minimum absolute atomic E-state index is 0.0512. The zero-order chi connectivity index (χ0) is 41.7. The van der Waals surface area contributed by atoms with Gasteiger partial charge in [-0.2, -0.15) is 4.98 Å². The van der Waals surface area contributed by atoms with E-state index in [1.54, 1.807) is 32.9 Å². The van der Waals surface area contributed by atoms with Gasteiger partial charge < -0.3 is 24.8 Å². The Hall–Kier alpha value is -4.47. The third kappa shape index (κ3) is 8.56. The van der Waals surface area contributed by atoms with Crippen molar-refractivity contribution in [3.8, 4) is 11.8 Å². The molecule has 0 radical (unpaired) electrons. The molecule has 1 saturated heterocycles. The van der Waals surface area contributed by atoms with Crippen molar-refractivity contribution in [1.29, 1.82) is 0 Å². The molecule has 312 valence electrons. The summed E-state index contributed by atoms with van der Waals surface area (Å²) < 4.78 is 53.2. The molecule has 3 fully saturated rings. The minimum atomic E-state index is -4.41. The van der Waals surface area contributed by atoms with E-state index in [9.17, 15) is 32.3 Å². The summed E-state index contributed by atoms with van der Waals surface area (Å²) in [7, 11) is -4.41. The van der Waals surface area contributed by atoms with Crippen molar-refractivity contribution < 1.29 is 46.6 Å². The third-order valence-electron chi connectivity index (χ3n) is 11.7. The third-order valence-corrected chi connectivity index (χ3v) is 13.9. The second-order valence-electron chi connectivity index (χ2n) is 17.7. The Morgan fingerprint density at radius 2 is 1.86 bits per heavy atom. The molecule has 4 aliphatic rings. The number of rotatable bonds is 9. The van der Waals surface area contributed by atoms with Crippen LogP contribution in [0.1, 0.15) is 93.4 Å². The number of carboxylic acid groups (broad SMARTS) is 1. The summed E-state index contributed by atoms with van der Waals surface area (Å²) in [5, 5.41) is 14.9. The Morgan fingerprint density at radius 1 is 1.16 bits per heavy atom. The summed E-state index contributed by atoms with van der Waals surface area (Å²) >= 11 is 0. The van der Waals surface area contributed by atoms with E-state index < -0.39 is 86.4 Å². The quantitative estimate of drug-likeness (QED) is 0.279. The molecule has 1 aromatic carbocycles. The molecule has 0 bridgehead atoms. The summed E-state index contributed by atoms with van der Waals surface area (Å²) in [6, 6.07) is 6.78. The Balaban J connectivity index is 1.40. The molecule has 3 N–H and O–H groups in total. The number of ether oxygens (including phenoxy) is 2. The van der Waals surface area contributed by atoms with Crippen molar-refractivity contribution in [2.45, 2.75) is 134 Å². The zero-order valence-electron chi connectivity index (χ0n) is 33.8. The Morgan fingerprint density at radius 3 is 2.49 bits per heavy atom. The predicted molar refractivity (Wildman–Crippen MR) is 211 cm³/mol. The molecule has 6 rings (SSSR count).